The van der Waals surface area contributed by atoms with E-state index in [-0.39, 0.29) is 11.5 Å². The van der Waals surface area contributed by atoms with Crippen LogP contribution in [0.15, 0.2) is 61.1 Å². The van der Waals surface area contributed by atoms with E-state index >= 15 is 0 Å². The Hall–Kier alpha value is -3.84. The lowest BCUT2D eigenvalue weighted by atomic mass is 9.92. The lowest BCUT2D eigenvalue weighted by molar-refractivity contribution is 0.145. The predicted molar refractivity (Wildman–Crippen MR) is 148 cm³/mol. The summed E-state index contributed by atoms with van der Waals surface area (Å²) in [5, 5.41) is 12.3. The van der Waals surface area contributed by atoms with Gasteiger partial charge in [0.15, 0.2) is 5.82 Å². The Morgan fingerprint density at radius 1 is 0.947 bits per heavy atom. The molecule has 2 saturated carbocycles. The standard InChI is InChI=1S/C31H30N6O/c38-21-9-14-37(15-10-21)30-27-24(19-6-7-19)17-32-18-25(27)34-29(36-30)22-8-13-33-28-23(22)16-26(35-28)31(11-12-31)20-4-2-1-3-5-20/h1-5,8,13,16-19,21,38H,6-7,9-12,14-15H2,(H,33,35). The summed E-state index contributed by atoms with van der Waals surface area (Å²) < 4.78 is 0. The Bertz CT molecular complexity index is 1660. The van der Waals surface area contributed by atoms with Crippen LogP contribution in [0.5, 0.6) is 0 Å². The highest BCUT2D eigenvalue weighted by molar-refractivity contribution is 5.97. The molecule has 8 rings (SSSR count). The van der Waals surface area contributed by atoms with Gasteiger partial charge in [-0.05, 0) is 67.7 Å². The van der Waals surface area contributed by atoms with E-state index in [9.17, 15) is 5.11 Å². The Kier molecular flexibility index (Phi) is 4.86. The molecule has 3 aliphatic rings. The molecule has 190 valence electrons. The van der Waals surface area contributed by atoms with Crippen LogP contribution in [0.1, 0.15) is 61.3 Å². The molecule has 0 amide bonds. The molecule has 5 aromatic rings. The topological polar surface area (TPSA) is 90.8 Å². The van der Waals surface area contributed by atoms with Crippen molar-refractivity contribution in [3.63, 3.8) is 0 Å². The van der Waals surface area contributed by atoms with E-state index in [0.717, 1.165) is 72.1 Å². The van der Waals surface area contributed by atoms with Crippen molar-refractivity contribution < 1.29 is 5.11 Å². The molecule has 2 aliphatic carbocycles. The second-order valence-electron chi connectivity index (χ2n) is 11.2. The van der Waals surface area contributed by atoms with Crippen molar-refractivity contribution in [2.24, 2.45) is 0 Å². The summed E-state index contributed by atoms with van der Waals surface area (Å²) in [5.41, 5.74) is 6.61. The van der Waals surface area contributed by atoms with E-state index in [4.69, 9.17) is 9.97 Å². The van der Waals surface area contributed by atoms with Crippen LogP contribution in [-0.4, -0.2) is 49.2 Å². The normalized spacial score (nSPS) is 19.3. The smallest absolute Gasteiger partial charge is 0.163 e. The van der Waals surface area contributed by atoms with Crippen LogP contribution in [0.25, 0.3) is 33.3 Å². The number of hydrogen-bond donors (Lipinski definition) is 2. The molecule has 1 saturated heterocycles. The molecular weight excluding hydrogens is 472 g/mol. The van der Waals surface area contributed by atoms with Crippen LogP contribution in [0.4, 0.5) is 5.82 Å². The summed E-state index contributed by atoms with van der Waals surface area (Å²) in [6.07, 6.45) is 11.7. The van der Waals surface area contributed by atoms with Crippen LogP contribution in [-0.2, 0) is 5.41 Å². The van der Waals surface area contributed by atoms with Gasteiger partial charge in [0.2, 0.25) is 0 Å². The Balaban J connectivity index is 1.29. The summed E-state index contributed by atoms with van der Waals surface area (Å²) in [5.74, 6) is 2.23. The van der Waals surface area contributed by atoms with Gasteiger partial charge < -0.3 is 15.0 Å². The van der Waals surface area contributed by atoms with Crippen LogP contribution in [0.2, 0.25) is 0 Å². The third-order valence-corrected chi connectivity index (χ3v) is 8.76. The maximum atomic E-state index is 10.2. The van der Waals surface area contributed by atoms with Crippen LogP contribution >= 0.6 is 0 Å². The second-order valence-corrected chi connectivity index (χ2v) is 11.2. The molecule has 7 nitrogen and oxygen atoms in total. The number of H-pyrrole nitrogens is 1. The molecule has 5 heterocycles. The molecule has 0 bridgehead atoms. The first-order valence-corrected chi connectivity index (χ1v) is 13.8. The molecule has 0 spiro atoms. The van der Waals surface area contributed by atoms with Gasteiger partial charge in [0.1, 0.15) is 11.5 Å². The molecule has 1 aliphatic heterocycles. The summed E-state index contributed by atoms with van der Waals surface area (Å²) in [7, 11) is 0. The van der Waals surface area contributed by atoms with Crippen molar-refractivity contribution >= 4 is 27.8 Å². The van der Waals surface area contributed by atoms with Crippen LogP contribution in [0.3, 0.4) is 0 Å². The quantitative estimate of drug-likeness (QED) is 0.330. The Labute approximate surface area is 221 Å². The van der Waals surface area contributed by atoms with E-state index in [2.05, 4.69) is 56.3 Å². The highest BCUT2D eigenvalue weighted by atomic mass is 16.3. The van der Waals surface area contributed by atoms with Gasteiger partial charge in [-0.2, -0.15) is 0 Å². The van der Waals surface area contributed by atoms with Gasteiger partial charge in [-0.3, -0.25) is 4.98 Å². The summed E-state index contributed by atoms with van der Waals surface area (Å²) in [6.45, 7) is 1.58. The van der Waals surface area contributed by atoms with Crippen molar-refractivity contribution in [2.45, 2.75) is 56.0 Å². The summed E-state index contributed by atoms with van der Waals surface area (Å²) in [6, 6.07) is 15.1. The number of pyridine rings is 2. The van der Waals surface area contributed by atoms with Gasteiger partial charge in [0.05, 0.1) is 17.8 Å². The third kappa shape index (κ3) is 3.52. The number of aliphatic hydroxyl groups is 1. The molecule has 0 atom stereocenters. The predicted octanol–water partition coefficient (Wildman–Crippen LogP) is 5.49. The van der Waals surface area contributed by atoms with Gasteiger partial charge in [0.25, 0.3) is 0 Å². The van der Waals surface area contributed by atoms with Crippen LogP contribution in [0, 0.1) is 0 Å². The first-order chi connectivity index (χ1) is 18.7. The van der Waals surface area contributed by atoms with Gasteiger partial charge in [-0.1, -0.05) is 30.3 Å². The molecule has 4 aromatic heterocycles. The number of aromatic nitrogens is 5. The first kappa shape index (κ1) is 22.2. The first-order valence-electron chi connectivity index (χ1n) is 13.8. The number of nitrogens with zero attached hydrogens (tertiary/aromatic N) is 5. The molecule has 0 radical (unpaired) electrons. The minimum absolute atomic E-state index is 0.0341. The number of fused-ring (bicyclic) bond motifs is 2. The number of aliphatic hydroxyl groups excluding tert-OH is 1. The van der Waals surface area contributed by atoms with E-state index in [0.29, 0.717) is 11.7 Å². The van der Waals surface area contributed by atoms with Crippen molar-refractivity contribution in [1.29, 1.82) is 0 Å². The number of benzene rings is 1. The number of rotatable bonds is 5. The molecule has 3 fully saturated rings. The zero-order valence-electron chi connectivity index (χ0n) is 21.3. The highest BCUT2D eigenvalue weighted by Gasteiger charge is 2.47. The zero-order chi connectivity index (χ0) is 25.3. The van der Waals surface area contributed by atoms with Crippen LogP contribution < -0.4 is 4.90 Å². The monoisotopic (exact) mass is 502 g/mol. The number of nitrogens with one attached hydrogen (secondary N) is 1. The molecule has 7 heteroatoms. The SMILES string of the molecule is OC1CCN(c2nc(-c3ccnc4[nH]c(C5(c6ccccc6)CC5)cc34)nc3cncc(C4CC4)c23)CC1. The van der Waals surface area contributed by atoms with Crippen molar-refractivity contribution in [1.82, 2.24) is 24.9 Å². The van der Waals surface area contributed by atoms with Crippen molar-refractivity contribution in [2.75, 3.05) is 18.0 Å². The lowest BCUT2D eigenvalue weighted by Crippen LogP contribution is -2.36. The van der Waals surface area contributed by atoms with Crippen molar-refractivity contribution in [3.05, 3.63) is 77.9 Å². The van der Waals surface area contributed by atoms with E-state index in [1.54, 1.807) is 0 Å². The Morgan fingerprint density at radius 2 is 1.76 bits per heavy atom. The molecule has 0 unspecified atom stereocenters. The van der Waals surface area contributed by atoms with E-state index in [1.807, 2.05) is 24.7 Å². The van der Waals surface area contributed by atoms with E-state index < -0.39 is 0 Å². The summed E-state index contributed by atoms with van der Waals surface area (Å²) in [4.78, 5) is 25.6. The second kappa shape index (κ2) is 8.33. The average molecular weight is 503 g/mol. The fraction of sp³-hybridized carbons (Fsp3) is 0.355. The molecule has 2 N–H and O–H groups in total. The maximum Gasteiger partial charge on any atom is 0.163 e. The maximum absolute atomic E-state index is 10.2. The number of piperidine rings is 1. The number of anilines is 1. The fourth-order valence-electron chi connectivity index (χ4n) is 6.30. The lowest BCUT2D eigenvalue weighted by Gasteiger charge is -2.31. The van der Waals surface area contributed by atoms with Gasteiger partial charge in [-0.25, -0.2) is 15.0 Å². The molecule has 38 heavy (non-hydrogen) atoms. The van der Waals surface area contributed by atoms with E-state index in [1.165, 1.54) is 29.7 Å². The van der Waals surface area contributed by atoms with Gasteiger partial charge in [-0.15, -0.1) is 0 Å². The van der Waals surface area contributed by atoms with Crippen molar-refractivity contribution in [3.8, 4) is 11.4 Å². The van der Waals surface area contributed by atoms with Gasteiger partial charge in [0, 0.05) is 52.9 Å². The minimum Gasteiger partial charge on any atom is -0.393 e. The number of hydrogen-bond acceptors (Lipinski definition) is 6. The average Bonchev–Trinajstić information content (AvgIpc) is 3.90. The number of aromatic amines is 1. The zero-order valence-corrected chi connectivity index (χ0v) is 21.3. The Morgan fingerprint density at radius 3 is 2.53 bits per heavy atom. The highest BCUT2D eigenvalue weighted by Crippen LogP contribution is 2.53. The third-order valence-electron chi connectivity index (χ3n) is 8.76. The molecular formula is C31H30N6O. The minimum atomic E-state index is -0.235. The fourth-order valence-corrected chi connectivity index (χ4v) is 6.30. The largest absolute Gasteiger partial charge is 0.393 e. The van der Waals surface area contributed by atoms with Gasteiger partial charge >= 0.3 is 0 Å². The molecule has 1 aromatic carbocycles. The summed E-state index contributed by atoms with van der Waals surface area (Å²) >= 11 is 0.